The molecule has 0 aliphatic carbocycles. The van der Waals surface area contributed by atoms with Crippen LogP contribution in [0, 0.1) is 0 Å². The van der Waals surface area contributed by atoms with E-state index in [4.69, 9.17) is 9.47 Å². The highest BCUT2D eigenvalue weighted by molar-refractivity contribution is 9.10. The van der Waals surface area contributed by atoms with Crippen LogP contribution in [-0.2, 0) is 27.2 Å². The Bertz CT molecular complexity index is 1280. The molecule has 0 radical (unpaired) electrons. The summed E-state index contributed by atoms with van der Waals surface area (Å²) in [4.78, 5) is 28.3. The Hall–Kier alpha value is -2.84. The van der Waals surface area contributed by atoms with E-state index in [-0.39, 0.29) is 24.3 Å². The number of amides is 2. The summed E-state index contributed by atoms with van der Waals surface area (Å²) in [5.74, 6) is 0.321. The van der Waals surface area contributed by atoms with Gasteiger partial charge < -0.3 is 24.3 Å². The van der Waals surface area contributed by atoms with Crippen molar-refractivity contribution in [2.75, 3.05) is 26.8 Å². The van der Waals surface area contributed by atoms with Gasteiger partial charge in [0.1, 0.15) is 5.60 Å². The molecule has 1 aromatic heterocycles. The van der Waals surface area contributed by atoms with Crippen molar-refractivity contribution in [3.63, 3.8) is 0 Å². The van der Waals surface area contributed by atoms with Gasteiger partial charge in [0.05, 0.1) is 0 Å². The number of aromatic nitrogens is 1. The van der Waals surface area contributed by atoms with Crippen LogP contribution in [0.4, 0.5) is 4.79 Å². The number of halogens is 1. The van der Waals surface area contributed by atoms with Gasteiger partial charge in [-0.3, -0.25) is 4.79 Å². The normalized spacial score (nSPS) is 16.6. The summed E-state index contributed by atoms with van der Waals surface area (Å²) in [5.41, 5.74) is 2.95. The van der Waals surface area contributed by atoms with E-state index < -0.39 is 11.7 Å². The average molecular weight is 613 g/mol. The van der Waals surface area contributed by atoms with Crippen LogP contribution in [0.3, 0.4) is 0 Å². The molecule has 0 spiro atoms. The van der Waals surface area contributed by atoms with Crippen molar-refractivity contribution in [1.29, 1.82) is 0 Å². The lowest BCUT2D eigenvalue weighted by molar-refractivity contribution is -0.132. The molecule has 1 saturated heterocycles. The zero-order valence-electron chi connectivity index (χ0n) is 24.1. The number of carbonyl (C=O) groups excluding carboxylic acids is 2. The number of carbonyl (C=O) groups is 2. The minimum Gasteiger partial charge on any atom is -0.444 e. The minimum atomic E-state index is -0.613. The molecule has 2 aromatic carbocycles. The van der Waals surface area contributed by atoms with E-state index in [1.54, 1.807) is 7.11 Å². The van der Waals surface area contributed by atoms with E-state index in [1.165, 1.54) is 16.6 Å². The van der Waals surface area contributed by atoms with Gasteiger partial charge in [-0.15, -0.1) is 0 Å². The molecule has 40 heavy (non-hydrogen) atoms. The Morgan fingerprint density at radius 3 is 2.60 bits per heavy atom. The molecule has 0 bridgehead atoms. The monoisotopic (exact) mass is 611 g/mol. The Morgan fingerprint density at radius 1 is 1.12 bits per heavy atom. The van der Waals surface area contributed by atoms with Crippen LogP contribution in [0.5, 0.6) is 0 Å². The second kappa shape index (κ2) is 13.7. The second-order valence-corrected chi connectivity index (χ2v) is 12.6. The highest BCUT2D eigenvalue weighted by Crippen LogP contribution is 2.32. The number of ether oxygens (including phenoxy) is 2. The first kappa shape index (κ1) is 30.1. The van der Waals surface area contributed by atoms with E-state index in [9.17, 15) is 9.59 Å². The molecule has 2 atom stereocenters. The number of benzene rings is 2. The van der Waals surface area contributed by atoms with E-state index in [2.05, 4.69) is 56.1 Å². The quantitative estimate of drug-likeness (QED) is 0.260. The van der Waals surface area contributed by atoms with Crippen LogP contribution >= 0.6 is 15.9 Å². The van der Waals surface area contributed by atoms with Gasteiger partial charge in [0.2, 0.25) is 5.91 Å². The summed E-state index contributed by atoms with van der Waals surface area (Å²) in [6, 6.07) is 18.4. The molecule has 4 rings (SSSR count). The highest BCUT2D eigenvalue weighted by atomic mass is 79.9. The summed E-state index contributed by atoms with van der Waals surface area (Å²) < 4.78 is 14.2. The molecule has 2 heterocycles. The van der Waals surface area contributed by atoms with Gasteiger partial charge in [-0.2, -0.15) is 0 Å². The van der Waals surface area contributed by atoms with Gasteiger partial charge in [0.15, 0.2) is 0 Å². The van der Waals surface area contributed by atoms with Gasteiger partial charge >= 0.3 is 6.09 Å². The number of piperidine rings is 1. The molecule has 2 unspecified atom stereocenters. The van der Waals surface area contributed by atoms with Crippen LogP contribution in [0.15, 0.2) is 59.1 Å². The number of para-hydroxylation sites is 1. The molecule has 1 aliphatic heterocycles. The molecule has 3 aromatic rings. The van der Waals surface area contributed by atoms with Crippen molar-refractivity contribution in [2.45, 2.75) is 77.0 Å². The number of hydrogen-bond acceptors (Lipinski definition) is 4. The summed E-state index contributed by atoms with van der Waals surface area (Å²) in [6.45, 7) is 8.52. The third kappa shape index (κ3) is 8.33. The van der Waals surface area contributed by atoms with Crippen molar-refractivity contribution in [3.8, 4) is 0 Å². The Morgan fingerprint density at radius 2 is 1.88 bits per heavy atom. The fourth-order valence-corrected chi connectivity index (χ4v) is 5.79. The first-order valence-electron chi connectivity index (χ1n) is 14.2. The lowest BCUT2D eigenvalue weighted by Gasteiger charge is -2.34. The number of aryl methyl sites for hydroxylation is 1. The first-order chi connectivity index (χ1) is 19.1. The zero-order chi connectivity index (χ0) is 28.7. The van der Waals surface area contributed by atoms with Gasteiger partial charge in [0.25, 0.3) is 0 Å². The molecule has 8 heteroatoms. The van der Waals surface area contributed by atoms with Crippen molar-refractivity contribution in [3.05, 3.63) is 70.3 Å². The summed E-state index contributed by atoms with van der Waals surface area (Å²) in [5, 5.41) is 4.20. The van der Waals surface area contributed by atoms with E-state index in [0.717, 1.165) is 42.4 Å². The third-order valence-electron chi connectivity index (χ3n) is 7.30. The van der Waals surface area contributed by atoms with Crippen molar-refractivity contribution in [2.24, 2.45) is 0 Å². The van der Waals surface area contributed by atoms with Crippen molar-refractivity contribution >= 4 is 38.8 Å². The zero-order valence-corrected chi connectivity index (χ0v) is 25.7. The Kier molecular flexibility index (Phi) is 10.3. The standard InChI is InChI=1S/C32H42BrN3O4/c1-32(2,3)40-31(38)34-27(19-23-12-14-26(33)15-13-23)21-30(37)35-16-7-10-25(22-35)29-20-24-9-5-6-11-28(24)36(29)17-8-18-39-4/h5-6,9,11-15,20,25,27H,7-8,10,16-19,21-22H2,1-4H3,(H,34,38). The van der Waals surface area contributed by atoms with Crippen LogP contribution in [0.25, 0.3) is 10.9 Å². The Balaban J connectivity index is 1.49. The Labute approximate surface area is 246 Å². The number of nitrogens with one attached hydrogen (secondary N) is 1. The van der Waals surface area contributed by atoms with E-state index >= 15 is 0 Å². The number of rotatable bonds is 10. The topological polar surface area (TPSA) is 72.8 Å². The average Bonchev–Trinajstić information content (AvgIpc) is 3.28. The van der Waals surface area contributed by atoms with Gasteiger partial charge in [-0.25, -0.2) is 4.79 Å². The summed E-state index contributed by atoms with van der Waals surface area (Å²) in [6.07, 6.45) is 3.20. The molecule has 1 N–H and O–H groups in total. The maximum atomic E-state index is 13.7. The fraction of sp³-hybridized carbons (Fsp3) is 0.500. The maximum absolute atomic E-state index is 13.7. The molecule has 0 saturated carbocycles. The number of fused-ring (bicyclic) bond motifs is 1. The SMILES string of the molecule is COCCCn1c(C2CCCN(C(=O)CC(Cc3ccc(Br)cc3)NC(=O)OC(C)(C)C)C2)cc2ccccc21. The van der Waals surface area contributed by atoms with Crippen molar-refractivity contribution in [1.82, 2.24) is 14.8 Å². The van der Waals surface area contributed by atoms with Crippen LogP contribution < -0.4 is 5.32 Å². The highest BCUT2D eigenvalue weighted by Gasteiger charge is 2.30. The van der Waals surface area contributed by atoms with Crippen LogP contribution in [0.2, 0.25) is 0 Å². The lowest BCUT2D eigenvalue weighted by atomic mass is 9.93. The molecular weight excluding hydrogens is 570 g/mol. The first-order valence-corrected chi connectivity index (χ1v) is 15.0. The molecule has 2 amide bonds. The lowest BCUT2D eigenvalue weighted by Crippen LogP contribution is -2.46. The number of alkyl carbamates (subject to hydrolysis) is 1. The van der Waals surface area contributed by atoms with Gasteiger partial charge in [-0.1, -0.05) is 46.3 Å². The molecular formula is C32H42BrN3O4. The maximum Gasteiger partial charge on any atom is 0.407 e. The number of likely N-dealkylation sites (tertiary alicyclic amines) is 1. The van der Waals surface area contributed by atoms with Gasteiger partial charge in [0, 0.05) is 67.4 Å². The summed E-state index contributed by atoms with van der Waals surface area (Å²) >= 11 is 3.48. The minimum absolute atomic E-state index is 0.0601. The van der Waals surface area contributed by atoms with Gasteiger partial charge in [-0.05, 0) is 81.7 Å². The second-order valence-electron chi connectivity index (χ2n) is 11.7. The summed E-state index contributed by atoms with van der Waals surface area (Å²) in [7, 11) is 1.74. The molecule has 1 fully saturated rings. The third-order valence-corrected chi connectivity index (χ3v) is 7.83. The van der Waals surface area contributed by atoms with Crippen LogP contribution in [-0.4, -0.2) is 59.9 Å². The van der Waals surface area contributed by atoms with Crippen LogP contribution in [0.1, 0.15) is 63.6 Å². The number of methoxy groups -OCH3 is 1. The molecule has 1 aliphatic rings. The van der Waals surface area contributed by atoms with Crippen molar-refractivity contribution < 1.29 is 19.1 Å². The number of hydrogen-bond donors (Lipinski definition) is 1. The fourth-order valence-electron chi connectivity index (χ4n) is 5.52. The number of nitrogens with zero attached hydrogens (tertiary/aromatic N) is 2. The smallest absolute Gasteiger partial charge is 0.407 e. The molecule has 216 valence electrons. The predicted molar refractivity (Wildman–Crippen MR) is 163 cm³/mol. The van der Waals surface area contributed by atoms with E-state index in [1.807, 2.05) is 49.9 Å². The largest absolute Gasteiger partial charge is 0.444 e. The van der Waals surface area contributed by atoms with E-state index in [0.29, 0.717) is 19.6 Å². The predicted octanol–water partition coefficient (Wildman–Crippen LogP) is 6.67. The molecule has 7 nitrogen and oxygen atoms in total.